The second-order valence-corrected chi connectivity index (χ2v) is 6.51. The van der Waals surface area contributed by atoms with Crippen molar-refractivity contribution >= 4 is 17.5 Å². The normalized spacial score (nSPS) is 11.8. The van der Waals surface area contributed by atoms with E-state index >= 15 is 0 Å². The second-order valence-electron chi connectivity index (χ2n) is 6.51. The lowest BCUT2D eigenvalue weighted by atomic mass is 10.1. The molecule has 0 fully saturated rings. The Hall–Kier alpha value is -3.83. The number of hydrogen-bond acceptors (Lipinski definition) is 5. The summed E-state index contributed by atoms with van der Waals surface area (Å²) in [4.78, 5) is 24.8. The molecule has 0 radical (unpaired) electrons. The van der Waals surface area contributed by atoms with Crippen molar-refractivity contribution in [2.45, 2.75) is 19.4 Å². The lowest BCUT2D eigenvalue weighted by Gasteiger charge is -2.17. The van der Waals surface area contributed by atoms with Gasteiger partial charge < -0.3 is 10.6 Å². The molecule has 2 N–H and O–H groups in total. The molecule has 0 saturated heterocycles. The maximum absolute atomic E-state index is 13.7. The molecule has 0 bridgehead atoms. The fourth-order valence-electron chi connectivity index (χ4n) is 2.76. The first-order valence-electron chi connectivity index (χ1n) is 8.96. The van der Waals surface area contributed by atoms with Crippen molar-refractivity contribution in [1.29, 1.82) is 0 Å². The maximum Gasteiger partial charge on any atom is 0.245 e. The van der Waals surface area contributed by atoms with Gasteiger partial charge in [0.15, 0.2) is 17.5 Å². The highest BCUT2D eigenvalue weighted by atomic mass is 19.2. The van der Waals surface area contributed by atoms with Crippen molar-refractivity contribution in [3.63, 3.8) is 0 Å². The number of aryl methyl sites for hydroxylation is 1. The quantitative estimate of drug-likeness (QED) is 0.436. The van der Waals surface area contributed by atoms with Gasteiger partial charge in [-0.2, -0.15) is 0 Å². The third kappa shape index (κ3) is 5.21. The molecule has 2 amide bonds. The number of benzene rings is 2. The van der Waals surface area contributed by atoms with Crippen LogP contribution in [0.4, 0.5) is 23.2 Å². The third-order valence-electron chi connectivity index (χ3n) is 4.33. The summed E-state index contributed by atoms with van der Waals surface area (Å²) in [5, 5.41) is 15.4. The van der Waals surface area contributed by atoms with Crippen LogP contribution in [0.1, 0.15) is 17.4 Å². The summed E-state index contributed by atoms with van der Waals surface area (Å²) in [6.45, 7) is 0.988. The Bertz CT molecular complexity index is 1100. The predicted octanol–water partition coefficient (Wildman–Crippen LogP) is 2.08. The van der Waals surface area contributed by atoms with Crippen LogP contribution in [0.3, 0.4) is 0 Å². The third-order valence-corrected chi connectivity index (χ3v) is 4.33. The van der Waals surface area contributed by atoms with E-state index < -0.39 is 53.4 Å². The van der Waals surface area contributed by atoms with Gasteiger partial charge in [0.05, 0.1) is 12.2 Å². The number of amides is 2. The van der Waals surface area contributed by atoms with Crippen molar-refractivity contribution in [1.82, 2.24) is 25.5 Å². The van der Waals surface area contributed by atoms with Gasteiger partial charge in [-0.25, -0.2) is 22.2 Å². The first-order chi connectivity index (χ1) is 14.8. The Labute approximate surface area is 173 Å². The Kier molecular flexibility index (Phi) is 6.58. The van der Waals surface area contributed by atoms with Crippen LogP contribution < -0.4 is 10.6 Å². The molecule has 162 valence electrons. The highest BCUT2D eigenvalue weighted by Crippen LogP contribution is 2.19. The maximum atomic E-state index is 13.7. The molecule has 3 aromatic rings. The molecule has 0 aliphatic heterocycles. The number of anilines is 1. The SMILES string of the molecule is Cc1nnnn1C(Cc1ccc(F)cc1)C(=O)NCC(=O)Nc1ccc(F)c(F)c1F. The molecule has 3 rings (SSSR count). The minimum atomic E-state index is -1.73. The lowest BCUT2D eigenvalue weighted by Crippen LogP contribution is -2.39. The summed E-state index contributed by atoms with van der Waals surface area (Å²) in [5.41, 5.74) is 0.0436. The second kappa shape index (κ2) is 9.32. The van der Waals surface area contributed by atoms with Gasteiger partial charge in [0.25, 0.3) is 0 Å². The minimum absolute atomic E-state index is 0.0947. The van der Waals surface area contributed by atoms with Crippen LogP contribution in [-0.2, 0) is 16.0 Å². The van der Waals surface area contributed by atoms with Gasteiger partial charge in [-0.3, -0.25) is 9.59 Å². The van der Waals surface area contributed by atoms with Crippen molar-refractivity contribution in [3.8, 4) is 0 Å². The van der Waals surface area contributed by atoms with Gasteiger partial charge in [-0.1, -0.05) is 12.1 Å². The Morgan fingerprint density at radius 3 is 2.39 bits per heavy atom. The zero-order valence-electron chi connectivity index (χ0n) is 16.1. The average Bonchev–Trinajstić information content (AvgIpc) is 3.17. The molecular weight excluding hydrogens is 420 g/mol. The van der Waals surface area contributed by atoms with E-state index in [4.69, 9.17) is 0 Å². The molecule has 1 heterocycles. The standard InChI is InChI=1S/C19H16F4N6O2/c1-10-26-27-28-29(10)15(8-11-2-4-12(20)5-3-11)19(31)24-9-16(30)25-14-7-6-13(21)17(22)18(14)23/h2-7,15H,8-9H2,1H3,(H,24,31)(H,25,30). The number of aromatic nitrogens is 4. The number of nitrogens with zero attached hydrogens (tertiary/aromatic N) is 4. The zero-order chi connectivity index (χ0) is 22.5. The van der Waals surface area contributed by atoms with Crippen LogP contribution in [-0.4, -0.2) is 38.6 Å². The number of halogens is 4. The lowest BCUT2D eigenvalue weighted by molar-refractivity contribution is -0.127. The van der Waals surface area contributed by atoms with E-state index in [1.54, 1.807) is 6.92 Å². The number of nitrogens with one attached hydrogen (secondary N) is 2. The van der Waals surface area contributed by atoms with Crippen molar-refractivity contribution in [2.75, 3.05) is 11.9 Å². The van der Waals surface area contributed by atoms with E-state index in [2.05, 4.69) is 26.2 Å². The van der Waals surface area contributed by atoms with E-state index in [-0.39, 0.29) is 6.42 Å². The smallest absolute Gasteiger partial charge is 0.245 e. The molecular formula is C19H16F4N6O2. The van der Waals surface area contributed by atoms with Gasteiger partial charge >= 0.3 is 0 Å². The van der Waals surface area contributed by atoms with Gasteiger partial charge in [0.2, 0.25) is 11.8 Å². The van der Waals surface area contributed by atoms with E-state index in [1.165, 1.54) is 28.9 Å². The first-order valence-corrected chi connectivity index (χ1v) is 8.96. The summed E-state index contributed by atoms with van der Waals surface area (Å²) in [6.07, 6.45) is 0.0947. The first kappa shape index (κ1) is 21.9. The minimum Gasteiger partial charge on any atom is -0.345 e. The van der Waals surface area contributed by atoms with E-state index in [1.807, 2.05) is 0 Å². The molecule has 0 aliphatic carbocycles. The van der Waals surface area contributed by atoms with Crippen LogP contribution in [0.5, 0.6) is 0 Å². The van der Waals surface area contributed by atoms with E-state index in [0.29, 0.717) is 17.5 Å². The summed E-state index contributed by atoms with van der Waals surface area (Å²) in [7, 11) is 0. The number of carbonyl (C=O) groups is 2. The van der Waals surface area contributed by atoms with Crippen molar-refractivity contribution in [3.05, 3.63) is 71.1 Å². The fourth-order valence-corrected chi connectivity index (χ4v) is 2.76. The monoisotopic (exact) mass is 436 g/mol. The van der Waals surface area contributed by atoms with Crippen LogP contribution >= 0.6 is 0 Å². The molecule has 0 saturated carbocycles. The molecule has 1 unspecified atom stereocenters. The molecule has 8 nitrogen and oxygen atoms in total. The molecule has 0 spiro atoms. The van der Waals surface area contributed by atoms with Gasteiger partial charge in [0.1, 0.15) is 17.7 Å². The summed E-state index contributed by atoms with van der Waals surface area (Å²) >= 11 is 0. The summed E-state index contributed by atoms with van der Waals surface area (Å²) in [6, 6.07) is 6.01. The fraction of sp³-hybridized carbons (Fsp3) is 0.211. The molecule has 0 aliphatic rings. The van der Waals surface area contributed by atoms with Gasteiger partial charge in [-0.15, -0.1) is 5.10 Å². The highest BCUT2D eigenvalue weighted by Gasteiger charge is 2.25. The highest BCUT2D eigenvalue weighted by molar-refractivity contribution is 5.95. The zero-order valence-corrected chi connectivity index (χ0v) is 16.1. The van der Waals surface area contributed by atoms with Crippen LogP contribution in [0.2, 0.25) is 0 Å². The van der Waals surface area contributed by atoms with Crippen LogP contribution in [0.25, 0.3) is 0 Å². The van der Waals surface area contributed by atoms with Crippen LogP contribution in [0, 0.1) is 30.2 Å². The Balaban J connectivity index is 1.69. The van der Waals surface area contributed by atoms with E-state index in [9.17, 15) is 27.2 Å². The molecule has 1 atom stereocenters. The topological polar surface area (TPSA) is 102 Å². The summed E-state index contributed by atoms with van der Waals surface area (Å²) in [5.74, 6) is -6.30. The Morgan fingerprint density at radius 2 is 1.74 bits per heavy atom. The van der Waals surface area contributed by atoms with Crippen LogP contribution in [0.15, 0.2) is 36.4 Å². The average molecular weight is 436 g/mol. The predicted molar refractivity (Wildman–Crippen MR) is 99.7 cm³/mol. The molecule has 31 heavy (non-hydrogen) atoms. The summed E-state index contributed by atoms with van der Waals surface area (Å²) < 4.78 is 54.3. The van der Waals surface area contributed by atoms with Crippen molar-refractivity contribution in [2.24, 2.45) is 0 Å². The number of hydrogen-bond donors (Lipinski definition) is 2. The molecule has 12 heteroatoms. The molecule has 1 aromatic heterocycles. The number of tetrazole rings is 1. The van der Waals surface area contributed by atoms with E-state index in [0.717, 1.165) is 6.07 Å². The number of carbonyl (C=O) groups excluding carboxylic acids is 2. The van der Waals surface area contributed by atoms with Gasteiger partial charge in [-0.05, 0) is 47.2 Å². The Morgan fingerprint density at radius 1 is 1.03 bits per heavy atom. The number of rotatable bonds is 7. The van der Waals surface area contributed by atoms with Crippen molar-refractivity contribution < 1.29 is 27.2 Å². The molecule has 2 aromatic carbocycles. The van der Waals surface area contributed by atoms with Gasteiger partial charge in [0, 0.05) is 6.42 Å². The largest absolute Gasteiger partial charge is 0.345 e.